The van der Waals surface area contributed by atoms with Crippen LogP contribution in [0.1, 0.15) is 39.0 Å². The zero-order chi connectivity index (χ0) is 12.7. The molecular formula is C12H21NO3S. The van der Waals surface area contributed by atoms with Crippen molar-refractivity contribution in [3.8, 4) is 0 Å². The van der Waals surface area contributed by atoms with E-state index in [-0.39, 0.29) is 17.7 Å². The summed E-state index contributed by atoms with van der Waals surface area (Å²) >= 11 is 1.69. The molecule has 17 heavy (non-hydrogen) atoms. The van der Waals surface area contributed by atoms with Crippen molar-refractivity contribution >= 4 is 23.6 Å². The number of carbonyl (C=O) groups excluding carboxylic acids is 1. The fourth-order valence-electron chi connectivity index (χ4n) is 1.95. The van der Waals surface area contributed by atoms with Crippen molar-refractivity contribution in [2.75, 3.05) is 12.3 Å². The van der Waals surface area contributed by atoms with Crippen molar-refractivity contribution in [2.24, 2.45) is 5.92 Å². The van der Waals surface area contributed by atoms with Gasteiger partial charge in [0.2, 0.25) is 5.91 Å². The Morgan fingerprint density at radius 1 is 1.47 bits per heavy atom. The van der Waals surface area contributed by atoms with Gasteiger partial charge in [-0.1, -0.05) is 19.8 Å². The van der Waals surface area contributed by atoms with E-state index in [9.17, 15) is 9.59 Å². The van der Waals surface area contributed by atoms with Gasteiger partial charge in [0.1, 0.15) is 0 Å². The van der Waals surface area contributed by atoms with Crippen molar-refractivity contribution in [3.05, 3.63) is 0 Å². The first kappa shape index (κ1) is 14.4. The standard InChI is InChI=1S/C12H21NO3S/c1-2-5-9(12(15)16)8-13-11(14)10-6-3-4-7-17-10/h9-10H,2-8H2,1H3,(H,13,14)(H,15,16). The highest BCUT2D eigenvalue weighted by Gasteiger charge is 2.23. The summed E-state index contributed by atoms with van der Waals surface area (Å²) in [6, 6.07) is 0. The lowest BCUT2D eigenvalue weighted by Gasteiger charge is -2.21. The molecule has 0 aromatic carbocycles. The summed E-state index contributed by atoms with van der Waals surface area (Å²) in [5.74, 6) is -0.215. The van der Waals surface area contributed by atoms with E-state index < -0.39 is 11.9 Å². The number of carbonyl (C=O) groups is 2. The van der Waals surface area contributed by atoms with Crippen molar-refractivity contribution < 1.29 is 14.7 Å². The molecule has 1 rings (SSSR count). The van der Waals surface area contributed by atoms with Crippen LogP contribution < -0.4 is 5.32 Å². The lowest BCUT2D eigenvalue weighted by Crippen LogP contribution is -2.38. The molecule has 1 heterocycles. The van der Waals surface area contributed by atoms with Gasteiger partial charge in [0.05, 0.1) is 11.2 Å². The summed E-state index contributed by atoms with van der Waals surface area (Å²) in [6.07, 6.45) is 4.64. The van der Waals surface area contributed by atoms with Crippen molar-refractivity contribution in [1.82, 2.24) is 5.32 Å². The number of rotatable bonds is 6. The molecule has 2 N–H and O–H groups in total. The molecule has 1 saturated heterocycles. The number of hydrogen-bond donors (Lipinski definition) is 2. The third-order valence-corrected chi connectivity index (χ3v) is 4.36. The Morgan fingerprint density at radius 2 is 2.24 bits per heavy atom. The quantitative estimate of drug-likeness (QED) is 0.764. The van der Waals surface area contributed by atoms with Crippen LogP contribution in [0.5, 0.6) is 0 Å². The van der Waals surface area contributed by atoms with Crippen LogP contribution in [0.25, 0.3) is 0 Å². The van der Waals surface area contributed by atoms with E-state index in [1.54, 1.807) is 11.8 Å². The first-order valence-corrected chi connectivity index (χ1v) is 7.32. The van der Waals surface area contributed by atoms with Gasteiger partial charge < -0.3 is 10.4 Å². The van der Waals surface area contributed by atoms with Crippen molar-refractivity contribution in [3.63, 3.8) is 0 Å². The minimum Gasteiger partial charge on any atom is -0.481 e. The number of hydrogen-bond acceptors (Lipinski definition) is 3. The van der Waals surface area contributed by atoms with Gasteiger partial charge in [-0.05, 0) is 25.0 Å². The topological polar surface area (TPSA) is 66.4 Å². The van der Waals surface area contributed by atoms with Crippen LogP contribution in [-0.2, 0) is 9.59 Å². The molecule has 0 aliphatic carbocycles. The molecule has 4 nitrogen and oxygen atoms in total. The molecule has 0 spiro atoms. The number of amides is 1. The van der Waals surface area contributed by atoms with Gasteiger partial charge in [-0.2, -0.15) is 0 Å². The average Bonchev–Trinajstić information content (AvgIpc) is 2.34. The molecule has 1 aliphatic rings. The van der Waals surface area contributed by atoms with E-state index in [1.807, 2.05) is 6.92 Å². The van der Waals surface area contributed by atoms with Gasteiger partial charge in [-0.25, -0.2) is 0 Å². The predicted molar refractivity (Wildman–Crippen MR) is 69.1 cm³/mol. The molecule has 0 bridgehead atoms. The smallest absolute Gasteiger partial charge is 0.308 e. The van der Waals surface area contributed by atoms with Gasteiger partial charge in [0.15, 0.2) is 0 Å². The molecule has 2 unspecified atom stereocenters. The van der Waals surface area contributed by atoms with E-state index >= 15 is 0 Å². The SMILES string of the molecule is CCCC(CNC(=O)C1CCCCS1)C(=O)O. The summed E-state index contributed by atoms with van der Waals surface area (Å²) in [7, 11) is 0. The molecular weight excluding hydrogens is 238 g/mol. The van der Waals surface area contributed by atoms with Gasteiger partial charge in [0.25, 0.3) is 0 Å². The van der Waals surface area contributed by atoms with Crippen LogP contribution in [0.3, 0.4) is 0 Å². The minimum atomic E-state index is -0.816. The highest BCUT2D eigenvalue weighted by molar-refractivity contribution is 8.00. The van der Waals surface area contributed by atoms with E-state index in [0.717, 1.165) is 25.0 Å². The molecule has 2 atom stereocenters. The zero-order valence-corrected chi connectivity index (χ0v) is 11.1. The van der Waals surface area contributed by atoms with Gasteiger partial charge in [-0.3, -0.25) is 9.59 Å². The number of aliphatic carboxylic acids is 1. The number of carboxylic acids is 1. The number of carboxylic acid groups (broad SMARTS) is 1. The zero-order valence-electron chi connectivity index (χ0n) is 10.3. The van der Waals surface area contributed by atoms with Gasteiger partial charge in [0, 0.05) is 6.54 Å². The Bertz CT molecular complexity index is 264. The molecule has 0 aromatic heterocycles. The summed E-state index contributed by atoms with van der Waals surface area (Å²) < 4.78 is 0. The van der Waals surface area contributed by atoms with Crippen molar-refractivity contribution in [1.29, 1.82) is 0 Å². The Balaban J connectivity index is 2.32. The van der Waals surface area contributed by atoms with Crippen LogP contribution >= 0.6 is 11.8 Å². The van der Waals surface area contributed by atoms with Crippen LogP contribution in [0.2, 0.25) is 0 Å². The minimum absolute atomic E-state index is 0.0112. The Morgan fingerprint density at radius 3 is 2.76 bits per heavy atom. The summed E-state index contributed by atoms with van der Waals surface area (Å²) in [6.45, 7) is 2.22. The predicted octanol–water partition coefficient (Wildman–Crippen LogP) is 1.89. The molecule has 1 aliphatic heterocycles. The summed E-state index contributed by atoms with van der Waals surface area (Å²) in [5, 5.41) is 11.8. The monoisotopic (exact) mass is 259 g/mol. The average molecular weight is 259 g/mol. The van der Waals surface area contributed by atoms with Crippen LogP contribution in [-0.4, -0.2) is 34.5 Å². The van der Waals surface area contributed by atoms with Gasteiger partial charge >= 0.3 is 5.97 Å². The summed E-state index contributed by atoms with van der Waals surface area (Å²) in [5.41, 5.74) is 0. The Labute approximate surface area is 107 Å². The second-order valence-corrected chi connectivity index (χ2v) is 5.73. The maximum atomic E-state index is 11.8. The highest BCUT2D eigenvalue weighted by atomic mass is 32.2. The third kappa shape index (κ3) is 4.98. The molecule has 0 radical (unpaired) electrons. The fourth-order valence-corrected chi connectivity index (χ4v) is 3.17. The summed E-state index contributed by atoms with van der Waals surface area (Å²) in [4.78, 5) is 22.7. The van der Waals surface area contributed by atoms with Crippen LogP contribution in [0.15, 0.2) is 0 Å². The first-order chi connectivity index (χ1) is 8.15. The lowest BCUT2D eigenvalue weighted by atomic mass is 10.0. The van der Waals surface area contributed by atoms with E-state index in [0.29, 0.717) is 6.42 Å². The van der Waals surface area contributed by atoms with Crippen LogP contribution in [0.4, 0.5) is 0 Å². The number of thioether (sulfide) groups is 1. The highest BCUT2D eigenvalue weighted by Crippen LogP contribution is 2.25. The molecule has 5 heteroatoms. The van der Waals surface area contributed by atoms with Crippen molar-refractivity contribution in [2.45, 2.75) is 44.3 Å². The van der Waals surface area contributed by atoms with Crippen LogP contribution in [0, 0.1) is 5.92 Å². The molecule has 0 saturated carbocycles. The second kappa shape index (κ2) is 7.58. The number of nitrogens with one attached hydrogen (secondary N) is 1. The van der Waals surface area contributed by atoms with E-state index in [2.05, 4.69) is 5.32 Å². The molecule has 1 amide bonds. The Kier molecular flexibility index (Phi) is 6.40. The molecule has 1 fully saturated rings. The second-order valence-electron chi connectivity index (χ2n) is 4.42. The maximum Gasteiger partial charge on any atom is 0.308 e. The first-order valence-electron chi connectivity index (χ1n) is 6.27. The largest absolute Gasteiger partial charge is 0.481 e. The molecule has 98 valence electrons. The lowest BCUT2D eigenvalue weighted by molar-refractivity contribution is -0.141. The van der Waals surface area contributed by atoms with E-state index in [1.165, 1.54) is 6.42 Å². The third-order valence-electron chi connectivity index (χ3n) is 2.98. The Hall–Kier alpha value is -0.710. The van der Waals surface area contributed by atoms with E-state index in [4.69, 9.17) is 5.11 Å². The van der Waals surface area contributed by atoms with Gasteiger partial charge in [-0.15, -0.1) is 11.8 Å². The normalized spacial score (nSPS) is 21.8. The maximum absolute atomic E-state index is 11.8. The fraction of sp³-hybridized carbons (Fsp3) is 0.833. The molecule has 0 aromatic rings.